The minimum atomic E-state index is -1.09. The molecule has 0 bridgehead atoms. The summed E-state index contributed by atoms with van der Waals surface area (Å²) in [6, 6.07) is 0. The summed E-state index contributed by atoms with van der Waals surface area (Å²) in [5.41, 5.74) is 1.91. The molecule has 1 saturated carbocycles. The minimum absolute atomic E-state index is 0.0404. The minimum Gasteiger partial charge on any atom is -0.472 e. The molecule has 3 heteroatoms. The Balaban J connectivity index is 2.09. The standard InChI is InChI=1S/C14H18O3/c1-13(2)5-11-3-9-7-17-8-10(9)4-14(11,16)12(15)6-13/h3,7-8,12,15-16H,4-6H2,1-2H3/t12-,14+/m1/s1. The first-order valence-corrected chi connectivity index (χ1v) is 6.07. The Kier molecular flexibility index (Phi) is 2.11. The third-order valence-corrected chi connectivity index (χ3v) is 4.09. The number of rotatable bonds is 0. The van der Waals surface area contributed by atoms with Crippen molar-refractivity contribution in [2.24, 2.45) is 5.41 Å². The molecule has 0 amide bonds. The van der Waals surface area contributed by atoms with Crippen molar-refractivity contribution in [3.05, 3.63) is 29.2 Å². The maximum absolute atomic E-state index is 10.7. The highest BCUT2D eigenvalue weighted by molar-refractivity contribution is 5.62. The average Bonchev–Trinajstić information content (AvgIpc) is 2.62. The first-order chi connectivity index (χ1) is 7.91. The molecule has 1 aromatic rings. The van der Waals surface area contributed by atoms with Gasteiger partial charge in [0.05, 0.1) is 18.6 Å². The van der Waals surface area contributed by atoms with Crippen LogP contribution in [0.1, 0.15) is 37.8 Å². The van der Waals surface area contributed by atoms with Gasteiger partial charge in [0.2, 0.25) is 0 Å². The normalized spacial score (nSPS) is 34.8. The van der Waals surface area contributed by atoms with Crippen LogP contribution in [0.25, 0.3) is 6.08 Å². The smallest absolute Gasteiger partial charge is 0.116 e. The summed E-state index contributed by atoms with van der Waals surface area (Å²) in [4.78, 5) is 0. The number of fused-ring (bicyclic) bond motifs is 2. The molecule has 2 aliphatic carbocycles. The van der Waals surface area contributed by atoms with Crippen LogP contribution in [0.15, 0.2) is 22.5 Å². The van der Waals surface area contributed by atoms with Gasteiger partial charge in [-0.15, -0.1) is 0 Å². The molecule has 3 nitrogen and oxygen atoms in total. The number of hydrogen-bond donors (Lipinski definition) is 2. The van der Waals surface area contributed by atoms with Crippen LogP contribution in [-0.2, 0) is 6.42 Å². The zero-order chi connectivity index (χ0) is 12.3. The molecule has 2 N–H and O–H groups in total. The number of aliphatic hydroxyl groups is 2. The summed E-state index contributed by atoms with van der Waals surface area (Å²) in [6.07, 6.45) is 6.57. The van der Waals surface area contributed by atoms with Crippen LogP contribution in [0.3, 0.4) is 0 Å². The van der Waals surface area contributed by atoms with E-state index in [9.17, 15) is 10.2 Å². The summed E-state index contributed by atoms with van der Waals surface area (Å²) in [6.45, 7) is 4.25. The molecule has 0 saturated heterocycles. The molecule has 2 atom stereocenters. The predicted molar refractivity (Wildman–Crippen MR) is 64.4 cm³/mol. The van der Waals surface area contributed by atoms with Crippen LogP contribution in [0.4, 0.5) is 0 Å². The molecule has 1 heterocycles. The van der Waals surface area contributed by atoms with Gasteiger partial charge in [0.25, 0.3) is 0 Å². The van der Waals surface area contributed by atoms with Gasteiger partial charge < -0.3 is 14.6 Å². The largest absolute Gasteiger partial charge is 0.472 e. The second-order valence-corrected chi connectivity index (χ2v) is 6.18. The van der Waals surface area contributed by atoms with E-state index < -0.39 is 11.7 Å². The first-order valence-electron chi connectivity index (χ1n) is 6.07. The van der Waals surface area contributed by atoms with Gasteiger partial charge in [0.1, 0.15) is 5.60 Å². The van der Waals surface area contributed by atoms with Crippen molar-refractivity contribution < 1.29 is 14.6 Å². The molecule has 0 aromatic carbocycles. The fourth-order valence-electron chi connectivity index (χ4n) is 3.14. The summed E-state index contributed by atoms with van der Waals surface area (Å²) in [7, 11) is 0. The monoisotopic (exact) mass is 234 g/mol. The molecule has 92 valence electrons. The van der Waals surface area contributed by atoms with Gasteiger partial charge in [-0.05, 0) is 29.9 Å². The van der Waals surface area contributed by atoms with Gasteiger partial charge in [-0.1, -0.05) is 13.8 Å². The van der Waals surface area contributed by atoms with E-state index in [2.05, 4.69) is 13.8 Å². The lowest BCUT2D eigenvalue weighted by Crippen LogP contribution is -2.53. The van der Waals surface area contributed by atoms with E-state index >= 15 is 0 Å². The van der Waals surface area contributed by atoms with E-state index in [1.54, 1.807) is 12.5 Å². The van der Waals surface area contributed by atoms with Crippen molar-refractivity contribution in [1.29, 1.82) is 0 Å². The molecule has 1 aromatic heterocycles. The lowest BCUT2D eigenvalue weighted by Gasteiger charge is -2.47. The fourth-order valence-corrected chi connectivity index (χ4v) is 3.14. The number of hydrogen-bond acceptors (Lipinski definition) is 3. The Bertz CT molecular complexity index is 483. The van der Waals surface area contributed by atoms with Gasteiger partial charge >= 0.3 is 0 Å². The van der Waals surface area contributed by atoms with Crippen LogP contribution in [0.2, 0.25) is 0 Å². The van der Waals surface area contributed by atoms with Crippen molar-refractivity contribution in [3.63, 3.8) is 0 Å². The average molecular weight is 234 g/mol. The summed E-state index contributed by atoms with van der Waals surface area (Å²) in [5.74, 6) is 0. The Hall–Kier alpha value is -1.06. The predicted octanol–water partition coefficient (Wildman–Crippen LogP) is 2.13. The molecule has 17 heavy (non-hydrogen) atoms. The van der Waals surface area contributed by atoms with Crippen molar-refractivity contribution in [2.75, 3.05) is 0 Å². The van der Waals surface area contributed by atoms with Gasteiger partial charge in [0, 0.05) is 17.5 Å². The summed E-state index contributed by atoms with van der Waals surface area (Å²) >= 11 is 0. The van der Waals surface area contributed by atoms with Gasteiger partial charge in [-0.3, -0.25) is 0 Å². The summed E-state index contributed by atoms with van der Waals surface area (Å²) < 4.78 is 5.17. The third kappa shape index (κ3) is 1.57. The lowest BCUT2D eigenvalue weighted by molar-refractivity contribution is -0.0881. The second-order valence-electron chi connectivity index (χ2n) is 6.18. The van der Waals surface area contributed by atoms with Crippen LogP contribution < -0.4 is 0 Å². The zero-order valence-corrected chi connectivity index (χ0v) is 10.2. The Labute approximate surface area is 101 Å². The topological polar surface area (TPSA) is 53.6 Å². The molecule has 0 radical (unpaired) electrons. The number of furan rings is 1. The fraction of sp³-hybridized carbons (Fsp3) is 0.571. The van der Waals surface area contributed by atoms with Gasteiger partial charge in [-0.2, -0.15) is 0 Å². The molecule has 1 fully saturated rings. The van der Waals surface area contributed by atoms with Crippen LogP contribution in [-0.4, -0.2) is 21.9 Å². The van der Waals surface area contributed by atoms with Crippen LogP contribution in [0, 0.1) is 5.41 Å². The van der Waals surface area contributed by atoms with E-state index in [0.29, 0.717) is 12.8 Å². The molecule has 0 unspecified atom stereocenters. The molecular weight excluding hydrogens is 216 g/mol. The van der Waals surface area contributed by atoms with E-state index in [0.717, 1.165) is 23.1 Å². The van der Waals surface area contributed by atoms with Crippen molar-refractivity contribution in [3.8, 4) is 0 Å². The molecule has 3 rings (SSSR count). The second kappa shape index (κ2) is 3.24. The Morgan fingerprint density at radius 1 is 1.29 bits per heavy atom. The lowest BCUT2D eigenvalue weighted by atomic mass is 9.63. The quantitative estimate of drug-likeness (QED) is 0.723. The van der Waals surface area contributed by atoms with Crippen molar-refractivity contribution in [1.82, 2.24) is 0 Å². The van der Waals surface area contributed by atoms with Crippen LogP contribution in [0.5, 0.6) is 0 Å². The maximum Gasteiger partial charge on any atom is 0.116 e. The highest BCUT2D eigenvalue weighted by Gasteiger charge is 2.49. The van der Waals surface area contributed by atoms with E-state index in [1.807, 2.05) is 6.08 Å². The Morgan fingerprint density at radius 3 is 2.82 bits per heavy atom. The van der Waals surface area contributed by atoms with Crippen LogP contribution >= 0.6 is 0 Å². The highest BCUT2D eigenvalue weighted by Crippen LogP contribution is 2.48. The third-order valence-electron chi connectivity index (χ3n) is 4.09. The Morgan fingerprint density at radius 2 is 2.06 bits per heavy atom. The number of aliphatic hydroxyl groups excluding tert-OH is 1. The molecule has 0 aliphatic heterocycles. The molecule has 2 aliphatic rings. The molecular formula is C14H18O3. The van der Waals surface area contributed by atoms with E-state index in [-0.39, 0.29) is 5.41 Å². The highest BCUT2D eigenvalue weighted by atomic mass is 16.3. The van der Waals surface area contributed by atoms with E-state index in [1.165, 1.54) is 0 Å². The van der Waals surface area contributed by atoms with Crippen molar-refractivity contribution in [2.45, 2.75) is 44.8 Å². The summed E-state index contributed by atoms with van der Waals surface area (Å²) in [5, 5.41) is 20.9. The first kappa shape index (κ1) is 11.1. The van der Waals surface area contributed by atoms with Crippen molar-refractivity contribution >= 4 is 6.08 Å². The molecule has 0 spiro atoms. The van der Waals surface area contributed by atoms with Gasteiger partial charge in [0.15, 0.2) is 0 Å². The SMILES string of the molecule is CC1(C)CC2=Cc3cocc3C[C@@]2(O)[C@H](O)C1. The van der Waals surface area contributed by atoms with E-state index in [4.69, 9.17) is 4.42 Å². The van der Waals surface area contributed by atoms with Gasteiger partial charge in [-0.25, -0.2) is 0 Å². The zero-order valence-electron chi connectivity index (χ0n) is 10.2. The maximum atomic E-state index is 10.7.